The zero-order valence-electron chi connectivity index (χ0n) is 9.71. The molecule has 0 bridgehead atoms. The fourth-order valence-electron chi connectivity index (χ4n) is 1.61. The summed E-state index contributed by atoms with van der Waals surface area (Å²) in [6, 6.07) is 6.69. The van der Waals surface area contributed by atoms with Crippen molar-refractivity contribution in [2.45, 2.75) is 6.42 Å². The lowest BCUT2D eigenvalue weighted by molar-refractivity contribution is 0.0696. The molecule has 1 aromatic carbocycles. The molecule has 19 heavy (non-hydrogen) atoms. The maximum Gasteiger partial charge on any atom is 0.335 e. The molecule has 0 aliphatic carbocycles. The zero-order chi connectivity index (χ0) is 13.1. The molecule has 2 aromatic rings. The molecule has 0 fully saturated rings. The van der Waals surface area contributed by atoms with Crippen molar-refractivity contribution in [1.82, 2.24) is 9.97 Å². The van der Waals surface area contributed by atoms with Crippen molar-refractivity contribution in [2.75, 3.05) is 5.73 Å². The quantitative estimate of drug-likeness (QED) is 0.850. The average molecular weight is 300 g/mol. The lowest BCUT2D eigenvalue weighted by Crippen LogP contribution is -2.06. The number of carboxylic acids is 1. The van der Waals surface area contributed by atoms with Gasteiger partial charge in [-0.1, -0.05) is 18.2 Å². The van der Waals surface area contributed by atoms with Gasteiger partial charge in [-0.2, -0.15) is 0 Å². The molecular weight excluding hydrogens is 289 g/mol. The molecule has 5 nitrogen and oxygen atoms in total. The van der Waals surface area contributed by atoms with Gasteiger partial charge in [0.25, 0.3) is 0 Å². The number of benzene rings is 1. The predicted octanol–water partition coefficient (Wildman–Crippen LogP) is 2.42. The summed E-state index contributed by atoms with van der Waals surface area (Å²) in [6.45, 7) is 0. The minimum atomic E-state index is -0.982. The second kappa shape index (κ2) is 6.36. The third kappa shape index (κ3) is 3.56. The van der Waals surface area contributed by atoms with Crippen LogP contribution in [0.2, 0.25) is 5.28 Å². The van der Waals surface area contributed by atoms with Gasteiger partial charge in [0, 0.05) is 6.42 Å². The van der Waals surface area contributed by atoms with Gasteiger partial charge in [-0.15, -0.1) is 12.4 Å². The van der Waals surface area contributed by atoms with Crippen LogP contribution in [0.3, 0.4) is 0 Å². The largest absolute Gasteiger partial charge is 0.478 e. The summed E-state index contributed by atoms with van der Waals surface area (Å²) in [5, 5.41) is 9.17. The number of hydrogen-bond donors (Lipinski definition) is 2. The topological polar surface area (TPSA) is 89.1 Å². The Morgan fingerprint density at radius 1 is 1.37 bits per heavy atom. The summed E-state index contributed by atoms with van der Waals surface area (Å²) in [6.07, 6.45) is 1.71. The molecule has 2 rings (SSSR count). The Hall–Kier alpha value is -1.85. The number of halogens is 2. The first-order valence-electron chi connectivity index (χ1n) is 5.16. The standard InChI is InChI=1S/C12H10ClN3O2.ClH/c13-12-15-6-9(14)10(16-12)5-7-3-1-2-4-8(7)11(17)18;/h1-4,6H,5,14H2,(H,17,18);1H. The van der Waals surface area contributed by atoms with Gasteiger partial charge in [-0.05, 0) is 23.2 Å². The highest BCUT2D eigenvalue weighted by atomic mass is 35.5. The Balaban J connectivity index is 0.00000180. The fourth-order valence-corrected chi connectivity index (χ4v) is 1.76. The van der Waals surface area contributed by atoms with Crippen LogP contribution in [0.5, 0.6) is 0 Å². The Morgan fingerprint density at radius 2 is 2.05 bits per heavy atom. The summed E-state index contributed by atoms with van der Waals surface area (Å²) in [5.74, 6) is -0.982. The minimum Gasteiger partial charge on any atom is -0.478 e. The number of hydrogen-bond acceptors (Lipinski definition) is 4. The first-order valence-corrected chi connectivity index (χ1v) is 5.54. The van der Waals surface area contributed by atoms with E-state index < -0.39 is 5.97 Å². The van der Waals surface area contributed by atoms with E-state index in [1.54, 1.807) is 18.2 Å². The molecule has 0 spiro atoms. The van der Waals surface area contributed by atoms with Crippen molar-refractivity contribution in [3.05, 3.63) is 52.6 Å². The van der Waals surface area contributed by atoms with Crippen LogP contribution in [0.15, 0.2) is 30.5 Å². The predicted molar refractivity (Wildman–Crippen MR) is 74.9 cm³/mol. The fraction of sp³-hybridized carbons (Fsp3) is 0.0833. The van der Waals surface area contributed by atoms with E-state index in [0.29, 0.717) is 23.4 Å². The second-order valence-electron chi connectivity index (χ2n) is 3.68. The van der Waals surface area contributed by atoms with E-state index in [9.17, 15) is 4.79 Å². The molecule has 1 aromatic heterocycles. The van der Waals surface area contributed by atoms with E-state index >= 15 is 0 Å². The van der Waals surface area contributed by atoms with Gasteiger partial charge in [-0.3, -0.25) is 0 Å². The summed E-state index contributed by atoms with van der Waals surface area (Å²) in [4.78, 5) is 18.8. The molecule has 3 N–H and O–H groups in total. The van der Waals surface area contributed by atoms with Crippen LogP contribution in [0, 0.1) is 0 Å². The van der Waals surface area contributed by atoms with Crippen molar-refractivity contribution in [2.24, 2.45) is 0 Å². The van der Waals surface area contributed by atoms with Crippen molar-refractivity contribution >= 4 is 35.7 Å². The molecule has 0 saturated carbocycles. The van der Waals surface area contributed by atoms with E-state index in [0.717, 1.165) is 0 Å². The highest BCUT2D eigenvalue weighted by Crippen LogP contribution is 2.18. The van der Waals surface area contributed by atoms with Crippen LogP contribution in [0.4, 0.5) is 5.69 Å². The van der Waals surface area contributed by atoms with Gasteiger partial charge >= 0.3 is 5.97 Å². The SMILES string of the molecule is Cl.Nc1cnc(Cl)nc1Cc1ccccc1C(=O)O. The smallest absolute Gasteiger partial charge is 0.335 e. The van der Waals surface area contributed by atoms with Crippen LogP contribution < -0.4 is 5.73 Å². The number of rotatable bonds is 3. The molecule has 0 radical (unpaired) electrons. The maximum absolute atomic E-state index is 11.1. The summed E-state index contributed by atoms with van der Waals surface area (Å²) < 4.78 is 0. The number of nitrogens with zero attached hydrogens (tertiary/aromatic N) is 2. The molecular formula is C12H11Cl2N3O2. The third-order valence-electron chi connectivity index (χ3n) is 2.48. The van der Waals surface area contributed by atoms with Crippen molar-refractivity contribution in [3.8, 4) is 0 Å². The maximum atomic E-state index is 11.1. The molecule has 0 amide bonds. The van der Waals surface area contributed by atoms with Gasteiger partial charge in [0.05, 0.1) is 23.1 Å². The first kappa shape index (κ1) is 15.2. The van der Waals surface area contributed by atoms with Gasteiger partial charge in [-0.25, -0.2) is 14.8 Å². The molecule has 7 heteroatoms. The van der Waals surface area contributed by atoms with Gasteiger partial charge < -0.3 is 10.8 Å². The van der Waals surface area contributed by atoms with E-state index in [1.165, 1.54) is 12.3 Å². The number of carbonyl (C=O) groups is 1. The number of carboxylic acid groups (broad SMARTS) is 1. The van der Waals surface area contributed by atoms with E-state index in [2.05, 4.69) is 9.97 Å². The van der Waals surface area contributed by atoms with E-state index in [1.807, 2.05) is 0 Å². The average Bonchev–Trinajstić information content (AvgIpc) is 2.34. The van der Waals surface area contributed by atoms with Crippen molar-refractivity contribution < 1.29 is 9.90 Å². The molecule has 1 heterocycles. The number of aromatic nitrogens is 2. The Kier molecular flexibility index (Phi) is 5.09. The lowest BCUT2D eigenvalue weighted by atomic mass is 10.0. The van der Waals surface area contributed by atoms with Gasteiger partial charge in [0.1, 0.15) is 0 Å². The van der Waals surface area contributed by atoms with Gasteiger partial charge in [0.15, 0.2) is 0 Å². The minimum absolute atomic E-state index is 0. The summed E-state index contributed by atoms with van der Waals surface area (Å²) in [7, 11) is 0. The Labute approximate surface area is 120 Å². The number of anilines is 1. The van der Waals surface area contributed by atoms with Crippen molar-refractivity contribution in [1.29, 1.82) is 0 Å². The van der Waals surface area contributed by atoms with E-state index in [-0.39, 0.29) is 23.3 Å². The number of nitrogen functional groups attached to an aromatic ring is 1. The summed E-state index contributed by atoms with van der Waals surface area (Å²) >= 11 is 5.69. The lowest BCUT2D eigenvalue weighted by Gasteiger charge is -2.07. The van der Waals surface area contributed by atoms with Crippen LogP contribution >= 0.6 is 24.0 Å². The normalized spacial score (nSPS) is 9.74. The van der Waals surface area contributed by atoms with Crippen LogP contribution in [-0.4, -0.2) is 21.0 Å². The summed E-state index contributed by atoms with van der Waals surface area (Å²) in [5.41, 5.74) is 7.50. The molecule has 100 valence electrons. The molecule has 0 atom stereocenters. The highest BCUT2D eigenvalue weighted by Gasteiger charge is 2.12. The first-order chi connectivity index (χ1) is 8.58. The van der Waals surface area contributed by atoms with Crippen LogP contribution in [0.1, 0.15) is 21.6 Å². The van der Waals surface area contributed by atoms with E-state index in [4.69, 9.17) is 22.4 Å². The van der Waals surface area contributed by atoms with Crippen LogP contribution in [0.25, 0.3) is 0 Å². The zero-order valence-corrected chi connectivity index (χ0v) is 11.3. The molecule has 0 unspecified atom stereocenters. The third-order valence-corrected chi connectivity index (χ3v) is 2.66. The Bertz CT molecular complexity index is 605. The molecule has 0 saturated heterocycles. The number of nitrogens with two attached hydrogens (primary N) is 1. The molecule has 0 aliphatic heterocycles. The van der Waals surface area contributed by atoms with Crippen molar-refractivity contribution in [3.63, 3.8) is 0 Å². The van der Waals surface area contributed by atoms with Gasteiger partial charge in [0.2, 0.25) is 5.28 Å². The monoisotopic (exact) mass is 299 g/mol. The van der Waals surface area contributed by atoms with Crippen LogP contribution in [-0.2, 0) is 6.42 Å². The second-order valence-corrected chi connectivity index (χ2v) is 4.02. The molecule has 0 aliphatic rings. The number of aromatic carboxylic acids is 1. The Morgan fingerprint density at radius 3 is 2.74 bits per heavy atom. The highest BCUT2D eigenvalue weighted by molar-refractivity contribution is 6.28.